The smallest absolute Gasteiger partial charge is 0.248 e. The maximum atomic E-state index is 13.7. The van der Waals surface area contributed by atoms with E-state index in [0.717, 1.165) is 31.7 Å². The first-order chi connectivity index (χ1) is 9.97. The predicted octanol–water partition coefficient (Wildman–Crippen LogP) is 1.77. The van der Waals surface area contributed by atoms with Crippen LogP contribution in [0.2, 0.25) is 0 Å². The highest BCUT2D eigenvalue weighted by Gasteiger charge is 2.24. The van der Waals surface area contributed by atoms with Gasteiger partial charge in [0.1, 0.15) is 5.82 Å². The summed E-state index contributed by atoms with van der Waals surface area (Å²) in [5.41, 5.74) is 11.3. The molecule has 2 unspecified atom stereocenters. The summed E-state index contributed by atoms with van der Waals surface area (Å²) in [5.74, 6) is -1.43. The maximum absolute atomic E-state index is 13.7. The Kier molecular flexibility index (Phi) is 4.90. The van der Waals surface area contributed by atoms with Crippen molar-refractivity contribution in [2.75, 3.05) is 5.32 Å². The first kappa shape index (κ1) is 15.4. The second-order valence-electron chi connectivity index (χ2n) is 5.52. The Balaban J connectivity index is 2.02. The number of carbonyl (C=O) groups excluding carboxylic acids is 2. The van der Waals surface area contributed by atoms with Gasteiger partial charge in [0.2, 0.25) is 11.8 Å². The van der Waals surface area contributed by atoms with Gasteiger partial charge in [0.15, 0.2) is 0 Å². The zero-order valence-electron chi connectivity index (χ0n) is 11.8. The van der Waals surface area contributed by atoms with Crippen molar-refractivity contribution in [2.45, 2.75) is 38.1 Å². The molecule has 1 aliphatic rings. The standard InChI is InChI=1S/C15H20FN3O2/c16-11-6-5-10(15(18)21)7-13(11)19-14(20)8-9-3-1-2-4-12(9)17/h5-7,9,12H,1-4,8,17H2,(H2,18,21)(H,19,20). The van der Waals surface area contributed by atoms with Gasteiger partial charge in [-0.3, -0.25) is 9.59 Å². The molecule has 1 aliphatic carbocycles. The first-order valence-corrected chi connectivity index (χ1v) is 7.12. The van der Waals surface area contributed by atoms with Crippen LogP contribution in [0.1, 0.15) is 42.5 Å². The molecule has 1 aromatic carbocycles. The van der Waals surface area contributed by atoms with Crippen molar-refractivity contribution in [1.82, 2.24) is 0 Å². The summed E-state index contributed by atoms with van der Waals surface area (Å²) >= 11 is 0. The van der Waals surface area contributed by atoms with E-state index in [1.807, 2.05) is 0 Å². The largest absolute Gasteiger partial charge is 0.366 e. The number of amides is 2. The highest BCUT2D eigenvalue weighted by atomic mass is 19.1. The van der Waals surface area contributed by atoms with Crippen LogP contribution in [-0.4, -0.2) is 17.9 Å². The minimum absolute atomic E-state index is 0.0197. The van der Waals surface area contributed by atoms with Crippen LogP contribution < -0.4 is 16.8 Å². The summed E-state index contributed by atoms with van der Waals surface area (Å²) < 4.78 is 13.7. The predicted molar refractivity (Wildman–Crippen MR) is 78.1 cm³/mol. The number of anilines is 1. The van der Waals surface area contributed by atoms with E-state index >= 15 is 0 Å². The van der Waals surface area contributed by atoms with E-state index in [2.05, 4.69) is 5.32 Å². The van der Waals surface area contributed by atoms with Gasteiger partial charge in [-0.15, -0.1) is 0 Å². The number of nitrogens with two attached hydrogens (primary N) is 2. The van der Waals surface area contributed by atoms with E-state index in [-0.39, 0.29) is 35.5 Å². The Morgan fingerprint density at radius 3 is 2.67 bits per heavy atom. The zero-order chi connectivity index (χ0) is 15.4. The van der Waals surface area contributed by atoms with Gasteiger partial charge in [-0.05, 0) is 37.0 Å². The normalized spacial score (nSPS) is 21.8. The number of rotatable bonds is 4. The molecule has 21 heavy (non-hydrogen) atoms. The lowest BCUT2D eigenvalue weighted by molar-refractivity contribution is -0.117. The monoisotopic (exact) mass is 293 g/mol. The number of carbonyl (C=O) groups is 2. The van der Waals surface area contributed by atoms with E-state index in [1.165, 1.54) is 12.1 Å². The molecule has 0 heterocycles. The van der Waals surface area contributed by atoms with Crippen LogP contribution in [-0.2, 0) is 4.79 Å². The highest BCUT2D eigenvalue weighted by Crippen LogP contribution is 2.26. The second kappa shape index (κ2) is 6.67. The van der Waals surface area contributed by atoms with Gasteiger partial charge in [-0.1, -0.05) is 12.8 Å². The molecule has 5 N–H and O–H groups in total. The lowest BCUT2D eigenvalue weighted by Crippen LogP contribution is -2.35. The van der Waals surface area contributed by atoms with Crippen molar-refractivity contribution >= 4 is 17.5 Å². The van der Waals surface area contributed by atoms with E-state index in [1.54, 1.807) is 0 Å². The molecule has 5 nitrogen and oxygen atoms in total. The fourth-order valence-electron chi connectivity index (χ4n) is 2.70. The van der Waals surface area contributed by atoms with Crippen molar-refractivity contribution in [2.24, 2.45) is 17.4 Å². The van der Waals surface area contributed by atoms with Crippen LogP contribution in [0.15, 0.2) is 18.2 Å². The van der Waals surface area contributed by atoms with E-state index < -0.39 is 11.7 Å². The second-order valence-corrected chi connectivity index (χ2v) is 5.52. The van der Waals surface area contributed by atoms with Gasteiger partial charge in [0.25, 0.3) is 0 Å². The molecule has 1 fully saturated rings. The van der Waals surface area contributed by atoms with Crippen LogP contribution in [0.5, 0.6) is 0 Å². The zero-order valence-corrected chi connectivity index (χ0v) is 11.8. The number of hydrogen-bond donors (Lipinski definition) is 3. The number of benzene rings is 1. The molecule has 0 bridgehead atoms. The van der Waals surface area contributed by atoms with Gasteiger partial charge in [0.05, 0.1) is 5.69 Å². The molecule has 2 rings (SSSR count). The minimum atomic E-state index is -0.667. The average molecular weight is 293 g/mol. The molecule has 2 atom stereocenters. The molecule has 0 saturated heterocycles. The molecule has 6 heteroatoms. The number of primary amides is 1. The molecular formula is C15H20FN3O2. The third kappa shape index (κ3) is 4.01. The van der Waals surface area contributed by atoms with Gasteiger partial charge in [-0.2, -0.15) is 0 Å². The quantitative estimate of drug-likeness (QED) is 0.789. The Morgan fingerprint density at radius 1 is 1.29 bits per heavy atom. The van der Waals surface area contributed by atoms with Crippen LogP contribution in [0.4, 0.5) is 10.1 Å². The van der Waals surface area contributed by atoms with Gasteiger partial charge in [0, 0.05) is 18.0 Å². The Hall–Kier alpha value is -1.95. The first-order valence-electron chi connectivity index (χ1n) is 7.12. The molecule has 2 amide bonds. The molecule has 0 aromatic heterocycles. The summed E-state index contributed by atoms with van der Waals surface area (Å²) in [5, 5.41) is 2.50. The minimum Gasteiger partial charge on any atom is -0.366 e. The summed E-state index contributed by atoms with van der Waals surface area (Å²) in [7, 11) is 0. The van der Waals surface area contributed by atoms with Gasteiger partial charge in [-0.25, -0.2) is 4.39 Å². The summed E-state index contributed by atoms with van der Waals surface area (Å²) in [6.45, 7) is 0. The van der Waals surface area contributed by atoms with Gasteiger partial charge >= 0.3 is 0 Å². The van der Waals surface area contributed by atoms with Gasteiger partial charge < -0.3 is 16.8 Å². The van der Waals surface area contributed by atoms with Crippen molar-refractivity contribution in [3.05, 3.63) is 29.6 Å². The lowest BCUT2D eigenvalue weighted by atomic mass is 9.83. The van der Waals surface area contributed by atoms with E-state index in [4.69, 9.17) is 11.5 Å². The number of halogens is 1. The molecule has 0 spiro atoms. The Bertz CT molecular complexity index is 548. The SMILES string of the molecule is NC(=O)c1ccc(F)c(NC(=O)CC2CCCCC2N)c1. The molecule has 114 valence electrons. The number of nitrogens with one attached hydrogen (secondary N) is 1. The van der Waals surface area contributed by atoms with E-state index in [9.17, 15) is 14.0 Å². The van der Waals surface area contributed by atoms with Crippen LogP contribution in [0.25, 0.3) is 0 Å². The third-order valence-electron chi connectivity index (χ3n) is 3.94. The maximum Gasteiger partial charge on any atom is 0.248 e. The van der Waals surface area contributed by atoms with Crippen LogP contribution in [0, 0.1) is 11.7 Å². The fraction of sp³-hybridized carbons (Fsp3) is 0.467. The summed E-state index contributed by atoms with van der Waals surface area (Å²) in [4.78, 5) is 23.1. The molecule has 0 radical (unpaired) electrons. The lowest BCUT2D eigenvalue weighted by Gasteiger charge is -2.27. The van der Waals surface area contributed by atoms with Crippen molar-refractivity contribution < 1.29 is 14.0 Å². The van der Waals surface area contributed by atoms with E-state index in [0.29, 0.717) is 0 Å². The third-order valence-corrected chi connectivity index (χ3v) is 3.94. The van der Waals surface area contributed by atoms with Crippen molar-refractivity contribution in [1.29, 1.82) is 0 Å². The fourth-order valence-corrected chi connectivity index (χ4v) is 2.70. The Labute approximate surface area is 122 Å². The number of hydrogen-bond acceptors (Lipinski definition) is 3. The summed E-state index contributed by atoms with van der Waals surface area (Å²) in [6, 6.07) is 3.66. The highest BCUT2D eigenvalue weighted by molar-refractivity contribution is 5.96. The topological polar surface area (TPSA) is 98.2 Å². The van der Waals surface area contributed by atoms with Crippen LogP contribution >= 0.6 is 0 Å². The molecule has 1 saturated carbocycles. The van der Waals surface area contributed by atoms with Crippen molar-refractivity contribution in [3.63, 3.8) is 0 Å². The van der Waals surface area contributed by atoms with Crippen LogP contribution in [0.3, 0.4) is 0 Å². The molecular weight excluding hydrogens is 273 g/mol. The molecule has 1 aromatic rings. The van der Waals surface area contributed by atoms with Crippen molar-refractivity contribution in [3.8, 4) is 0 Å². The average Bonchev–Trinajstić information content (AvgIpc) is 2.43. The Morgan fingerprint density at radius 2 is 2.00 bits per heavy atom. The summed E-state index contributed by atoms with van der Waals surface area (Å²) in [6.07, 6.45) is 4.26. The molecule has 0 aliphatic heterocycles.